The van der Waals surface area contributed by atoms with Gasteiger partial charge in [-0.15, -0.1) is 0 Å². The number of hydrogen-bond donors (Lipinski definition) is 1. The Morgan fingerprint density at radius 3 is 2.46 bits per heavy atom. The van der Waals surface area contributed by atoms with Crippen LogP contribution in [0.5, 0.6) is 5.75 Å². The molecule has 1 amide bonds. The molecule has 24 heavy (non-hydrogen) atoms. The van der Waals surface area contributed by atoms with Crippen LogP contribution < -0.4 is 10.1 Å². The molecule has 0 radical (unpaired) electrons. The van der Waals surface area contributed by atoms with Crippen LogP contribution in [0.25, 0.3) is 0 Å². The van der Waals surface area contributed by atoms with E-state index in [1.165, 1.54) is 11.8 Å². The van der Waals surface area contributed by atoms with E-state index in [0.717, 1.165) is 28.3 Å². The summed E-state index contributed by atoms with van der Waals surface area (Å²) in [7, 11) is 1.63. The number of ether oxygens (including phenoxy) is 1. The minimum absolute atomic E-state index is 0.0575. The van der Waals surface area contributed by atoms with Crippen molar-refractivity contribution in [3.05, 3.63) is 46.8 Å². The third-order valence-electron chi connectivity index (χ3n) is 3.93. The fourth-order valence-electron chi connectivity index (χ4n) is 2.32. The number of thioether (sulfide) groups is 1. The molecule has 0 spiro atoms. The van der Waals surface area contributed by atoms with E-state index in [1.807, 2.05) is 52.0 Å². The number of para-hydroxylation sites is 1. The number of aryl methyl sites for hydroxylation is 2. The highest BCUT2D eigenvalue weighted by molar-refractivity contribution is 7.99. The normalized spacial score (nSPS) is 11.9. The van der Waals surface area contributed by atoms with E-state index in [9.17, 15) is 4.79 Å². The second-order valence-electron chi connectivity index (χ2n) is 5.62. The SMILES string of the molecule is COc1ccccc1[C@H](C)NC(=O)CSc1nc(C)c(C)c(C)n1. The number of benzene rings is 1. The number of nitrogens with one attached hydrogen (secondary N) is 1. The van der Waals surface area contributed by atoms with Crippen molar-refractivity contribution in [2.45, 2.75) is 38.9 Å². The van der Waals surface area contributed by atoms with Crippen LogP contribution in [0, 0.1) is 20.8 Å². The van der Waals surface area contributed by atoms with Gasteiger partial charge >= 0.3 is 0 Å². The van der Waals surface area contributed by atoms with Gasteiger partial charge in [-0.3, -0.25) is 4.79 Å². The van der Waals surface area contributed by atoms with Gasteiger partial charge in [-0.05, 0) is 39.3 Å². The van der Waals surface area contributed by atoms with E-state index in [2.05, 4.69) is 15.3 Å². The number of hydrogen-bond acceptors (Lipinski definition) is 5. The van der Waals surface area contributed by atoms with Crippen LogP contribution in [-0.4, -0.2) is 28.7 Å². The van der Waals surface area contributed by atoms with Crippen molar-refractivity contribution in [2.24, 2.45) is 0 Å². The molecule has 5 nitrogen and oxygen atoms in total. The smallest absolute Gasteiger partial charge is 0.230 e. The zero-order valence-electron chi connectivity index (χ0n) is 14.7. The standard InChI is InChI=1S/C18H23N3O2S/c1-11-12(2)20-18(21-13(11)3)24-10-17(22)19-14(4)15-8-6-7-9-16(15)23-5/h6-9,14H,10H2,1-5H3,(H,19,22)/t14-/m0/s1. The van der Waals surface area contributed by atoms with Gasteiger partial charge in [0.05, 0.1) is 18.9 Å². The van der Waals surface area contributed by atoms with Crippen LogP contribution in [0.4, 0.5) is 0 Å². The summed E-state index contributed by atoms with van der Waals surface area (Å²) in [6.07, 6.45) is 0. The first-order valence-corrected chi connectivity index (χ1v) is 8.77. The lowest BCUT2D eigenvalue weighted by atomic mass is 10.1. The van der Waals surface area contributed by atoms with Crippen LogP contribution in [-0.2, 0) is 4.79 Å². The first kappa shape index (κ1) is 18.3. The molecule has 0 aliphatic rings. The van der Waals surface area contributed by atoms with Crippen molar-refractivity contribution < 1.29 is 9.53 Å². The molecule has 0 bridgehead atoms. The van der Waals surface area contributed by atoms with Gasteiger partial charge in [-0.25, -0.2) is 9.97 Å². The van der Waals surface area contributed by atoms with Crippen LogP contribution in [0.2, 0.25) is 0 Å². The van der Waals surface area contributed by atoms with Crippen molar-refractivity contribution in [1.29, 1.82) is 0 Å². The number of rotatable bonds is 6. The van der Waals surface area contributed by atoms with Crippen molar-refractivity contribution in [2.75, 3.05) is 12.9 Å². The van der Waals surface area contributed by atoms with Crippen LogP contribution >= 0.6 is 11.8 Å². The Balaban J connectivity index is 1.96. The average Bonchev–Trinajstić information content (AvgIpc) is 2.57. The maximum Gasteiger partial charge on any atom is 0.230 e. The van der Waals surface area contributed by atoms with Gasteiger partial charge in [0.15, 0.2) is 5.16 Å². The van der Waals surface area contributed by atoms with Gasteiger partial charge < -0.3 is 10.1 Å². The highest BCUT2D eigenvalue weighted by Gasteiger charge is 2.14. The van der Waals surface area contributed by atoms with Gasteiger partial charge in [-0.2, -0.15) is 0 Å². The Morgan fingerprint density at radius 1 is 1.21 bits per heavy atom. The molecular weight excluding hydrogens is 322 g/mol. The lowest BCUT2D eigenvalue weighted by molar-refractivity contribution is -0.119. The van der Waals surface area contributed by atoms with E-state index in [-0.39, 0.29) is 17.7 Å². The van der Waals surface area contributed by atoms with E-state index in [1.54, 1.807) is 7.11 Å². The van der Waals surface area contributed by atoms with Crippen LogP contribution in [0.15, 0.2) is 29.4 Å². The Hall–Kier alpha value is -2.08. The summed E-state index contributed by atoms with van der Waals surface area (Å²) < 4.78 is 5.34. The lowest BCUT2D eigenvalue weighted by Crippen LogP contribution is -2.28. The lowest BCUT2D eigenvalue weighted by Gasteiger charge is -2.17. The number of nitrogens with zero attached hydrogens (tertiary/aromatic N) is 2. The summed E-state index contributed by atoms with van der Waals surface area (Å²) in [6.45, 7) is 7.85. The summed E-state index contributed by atoms with van der Waals surface area (Å²) in [5, 5.41) is 3.62. The Kier molecular flexibility index (Phi) is 6.20. The molecule has 1 heterocycles. The third kappa shape index (κ3) is 4.47. The Morgan fingerprint density at radius 2 is 1.83 bits per heavy atom. The molecule has 0 aliphatic heterocycles. The molecule has 0 aliphatic carbocycles. The molecule has 1 aromatic carbocycles. The summed E-state index contributed by atoms with van der Waals surface area (Å²) in [4.78, 5) is 21.1. The molecule has 0 saturated heterocycles. The molecule has 2 rings (SSSR count). The maximum absolute atomic E-state index is 12.2. The number of aromatic nitrogens is 2. The third-order valence-corrected chi connectivity index (χ3v) is 4.77. The Labute approximate surface area is 147 Å². The Bertz CT molecular complexity index is 711. The molecule has 128 valence electrons. The molecule has 1 atom stereocenters. The quantitative estimate of drug-likeness (QED) is 0.642. The highest BCUT2D eigenvalue weighted by Crippen LogP contribution is 2.24. The second-order valence-corrected chi connectivity index (χ2v) is 6.56. The summed E-state index contributed by atoms with van der Waals surface area (Å²) in [5.74, 6) is 0.991. The number of methoxy groups -OCH3 is 1. The summed E-state index contributed by atoms with van der Waals surface area (Å²) >= 11 is 1.35. The topological polar surface area (TPSA) is 64.1 Å². The van der Waals surface area contributed by atoms with Crippen LogP contribution in [0.1, 0.15) is 35.5 Å². The van der Waals surface area contributed by atoms with Crippen molar-refractivity contribution in [1.82, 2.24) is 15.3 Å². The number of carbonyl (C=O) groups is 1. The van der Waals surface area contributed by atoms with Crippen molar-refractivity contribution in [3.8, 4) is 5.75 Å². The predicted octanol–water partition coefficient (Wildman–Crippen LogP) is 3.38. The summed E-state index contributed by atoms with van der Waals surface area (Å²) in [5.41, 5.74) is 3.95. The molecule has 1 N–H and O–H groups in total. The predicted molar refractivity (Wildman–Crippen MR) is 96.5 cm³/mol. The minimum Gasteiger partial charge on any atom is -0.496 e. The molecule has 2 aromatic rings. The van der Waals surface area contributed by atoms with E-state index >= 15 is 0 Å². The summed E-state index contributed by atoms with van der Waals surface area (Å²) in [6, 6.07) is 7.55. The van der Waals surface area contributed by atoms with Gasteiger partial charge in [0.25, 0.3) is 0 Å². The van der Waals surface area contributed by atoms with Gasteiger partial charge in [-0.1, -0.05) is 30.0 Å². The number of amides is 1. The molecule has 0 unspecified atom stereocenters. The highest BCUT2D eigenvalue weighted by atomic mass is 32.2. The van der Waals surface area contributed by atoms with Gasteiger partial charge in [0.1, 0.15) is 5.75 Å². The average molecular weight is 345 g/mol. The zero-order valence-corrected chi connectivity index (χ0v) is 15.5. The van der Waals surface area contributed by atoms with Gasteiger partial charge in [0.2, 0.25) is 5.91 Å². The number of carbonyl (C=O) groups excluding carboxylic acids is 1. The van der Waals surface area contributed by atoms with E-state index in [0.29, 0.717) is 5.16 Å². The largest absolute Gasteiger partial charge is 0.496 e. The van der Waals surface area contributed by atoms with E-state index in [4.69, 9.17) is 4.74 Å². The van der Waals surface area contributed by atoms with Gasteiger partial charge in [0, 0.05) is 17.0 Å². The maximum atomic E-state index is 12.2. The first-order valence-electron chi connectivity index (χ1n) is 7.79. The molecule has 0 saturated carbocycles. The zero-order chi connectivity index (χ0) is 17.7. The molecule has 0 fully saturated rings. The van der Waals surface area contributed by atoms with Crippen molar-refractivity contribution >= 4 is 17.7 Å². The van der Waals surface area contributed by atoms with Crippen molar-refractivity contribution in [3.63, 3.8) is 0 Å². The van der Waals surface area contributed by atoms with Crippen LogP contribution in [0.3, 0.4) is 0 Å². The monoisotopic (exact) mass is 345 g/mol. The fourth-order valence-corrected chi connectivity index (χ4v) is 3.07. The molecular formula is C18H23N3O2S. The first-order chi connectivity index (χ1) is 11.4. The molecule has 6 heteroatoms. The minimum atomic E-state index is -0.128. The van der Waals surface area contributed by atoms with E-state index < -0.39 is 0 Å². The second kappa shape index (κ2) is 8.15. The molecule has 1 aromatic heterocycles. The fraction of sp³-hybridized carbons (Fsp3) is 0.389.